The van der Waals surface area contributed by atoms with Crippen LogP contribution in [-0.2, 0) is 33.2 Å². The smallest absolute Gasteiger partial charge is 0.410 e. The van der Waals surface area contributed by atoms with Crippen LogP contribution in [-0.4, -0.2) is 76.9 Å². The summed E-state index contributed by atoms with van der Waals surface area (Å²) >= 11 is 0. The zero-order valence-electron chi connectivity index (χ0n) is 25.5. The Morgan fingerprint density at radius 3 is 2.46 bits per heavy atom. The first-order valence-corrected chi connectivity index (χ1v) is 16.3. The number of unbranched alkanes of at least 4 members (excludes halogenated alkanes) is 2. The molecule has 1 amide bonds. The van der Waals surface area contributed by atoms with Crippen LogP contribution < -0.4 is 0 Å². The van der Waals surface area contributed by atoms with Crippen molar-refractivity contribution in [2.24, 2.45) is 0 Å². The normalized spacial score (nSPS) is 16.7. The molecule has 41 heavy (non-hydrogen) atoms. The predicted molar refractivity (Wildman–Crippen MR) is 159 cm³/mol. The van der Waals surface area contributed by atoms with E-state index in [9.17, 15) is 13.2 Å². The molecule has 1 aliphatic heterocycles. The minimum absolute atomic E-state index is 0.105. The van der Waals surface area contributed by atoms with Crippen LogP contribution in [0.2, 0.25) is 0 Å². The van der Waals surface area contributed by atoms with Crippen LogP contribution in [0.15, 0.2) is 41.8 Å². The second-order valence-electron chi connectivity index (χ2n) is 11.5. The minimum Gasteiger partial charge on any atom is -0.444 e. The van der Waals surface area contributed by atoms with Crippen LogP contribution in [0.4, 0.5) is 4.79 Å². The summed E-state index contributed by atoms with van der Waals surface area (Å²) < 4.78 is 54.5. The summed E-state index contributed by atoms with van der Waals surface area (Å²) in [7, 11) is -3.98. The number of ether oxygens (including phenoxy) is 4. The van der Waals surface area contributed by atoms with Crippen molar-refractivity contribution in [3.63, 3.8) is 0 Å². The third-order valence-electron chi connectivity index (χ3n) is 6.44. The second-order valence-corrected chi connectivity index (χ2v) is 13.0. The van der Waals surface area contributed by atoms with Gasteiger partial charge in [0, 0.05) is 32.9 Å². The van der Waals surface area contributed by atoms with Crippen molar-refractivity contribution in [2.75, 3.05) is 39.5 Å². The van der Waals surface area contributed by atoms with E-state index < -0.39 is 21.8 Å². The van der Waals surface area contributed by atoms with Gasteiger partial charge >= 0.3 is 6.09 Å². The molecule has 1 aromatic rings. The van der Waals surface area contributed by atoms with Gasteiger partial charge in [0.05, 0.1) is 11.5 Å². The molecule has 0 N–H and O–H groups in total. The summed E-state index contributed by atoms with van der Waals surface area (Å²) in [5, 5.41) is 0. The largest absolute Gasteiger partial charge is 0.444 e. The number of aryl methyl sites for hydroxylation is 1. The molecule has 234 valence electrons. The number of rotatable bonds is 19. The fourth-order valence-corrected chi connectivity index (χ4v) is 5.33. The Labute approximate surface area is 247 Å². The topological polar surface area (TPSA) is 101 Å². The van der Waals surface area contributed by atoms with Crippen molar-refractivity contribution in [3.8, 4) is 0 Å². The van der Waals surface area contributed by atoms with Crippen LogP contribution in [0.1, 0.15) is 84.1 Å². The van der Waals surface area contributed by atoms with Crippen molar-refractivity contribution >= 4 is 16.2 Å². The van der Waals surface area contributed by atoms with Gasteiger partial charge in [-0.1, -0.05) is 23.8 Å². The van der Waals surface area contributed by atoms with Crippen molar-refractivity contribution < 1.29 is 36.3 Å². The zero-order valence-corrected chi connectivity index (χ0v) is 26.3. The van der Waals surface area contributed by atoms with E-state index >= 15 is 0 Å². The summed E-state index contributed by atoms with van der Waals surface area (Å²) in [6.07, 6.45) is 7.87. The quantitative estimate of drug-likeness (QED) is 0.103. The molecule has 1 aromatic carbocycles. The van der Waals surface area contributed by atoms with E-state index in [2.05, 4.69) is 6.58 Å². The molecule has 10 heteroatoms. The molecule has 1 saturated heterocycles. The molecular formula is C31H51NO8S. The van der Waals surface area contributed by atoms with Crippen molar-refractivity contribution in [1.29, 1.82) is 0 Å². The Hall–Kier alpha value is -1.98. The molecule has 0 spiro atoms. The van der Waals surface area contributed by atoms with Crippen LogP contribution in [0.25, 0.3) is 0 Å². The number of carbonyl (C=O) groups excluding carboxylic acids is 1. The average Bonchev–Trinajstić information content (AvgIpc) is 2.91. The molecule has 0 radical (unpaired) electrons. The van der Waals surface area contributed by atoms with Crippen molar-refractivity contribution in [3.05, 3.63) is 42.5 Å². The van der Waals surface area contributed by atoms with Gasteiger partial charge in [0.2, 0.25) is 0 Å². The highest BCUT2D eigenvalue weighted by atomic mass is 32.2. The molecule has 0 aromatic heterocycles. The molecule has 1 fully saturated rings. The lowest BCUT2D eigenvalue weighted by Crippen LogP contribution is -2.38. The number of nitrogens with zero attached hydrogens (tertiary/aromatic N) is 1. The van der Waals surface area contributed by atoms with Crippen molar-refractivity contribution in [2.45, 2.75) is 108 Å². The highest BCUT2D eigenvalue weighted by Crippen LogP contribution is 2.19. The molecule has 2 rings (SSSR count). The SMILES string of the molecule is C=CCCCN(CCCC(COCCCCOC1CCCCO1)OS(=O)(=O)c1ccc(C)cc1)C(=O)OC(C)(C)C. The van der Waals surface area contributed by atoms with Crippen LogP contribution in [0.5, 0.6) is 0 Å². The lowest BCUT2D eigenvalue weighted by Gasteiger charge is -2.28. The van der Waals surface area contributed by atoms with E-state index in [1.54, 1.807) is 29.2 Å². The minimum atomic E-state index is -3.98. The number of amides is 1. The van der Waals surface area contributed by atoms with Gasteiger partial charge < -0.3 is 23.8 Å². The van der Waals surface area contributed by atoms with Gasteiger partial charge in [0.25, 0.3) is 10.1 Å². The molecule has 0 aliphatic carbocycles. The molecule has 0 bridgehead atoms. The first-order chi connectivity index (χ1) is 19.5. The molecule has 2 atom stereocenters. The number of allylic oxidation sites excluding steroid dienone is 1. The van der Waals surface area contributed by atoms with Gasteiger partial charge in [-0.2, -0.15) is 8.42 Å². The van der Waals surface area contributed by atoms with Crippen LogP contribution in [0.3, 0.4) is 0 Å². The Morgan fingerprint density at radius 1 is 1.10 bits per heavy atom. The molecule has 2 unspecified atom stereocenters. The summed E-state index contributed by atoms with van der Waals surface area (Å²) in [5.74, 6) is 0. The van der Waals surface area contributed by atoms with Crippen LogP contribution in [0, 0.1) is 6.92 Å². The van der Waals surface area contributed by atoms with E-state index in [1.807, 2.05) is 33.8 Å². The third-order valence-corrected chi connectivity index (χ3v) is 7.82. The summed E-state index contributed by atoms with van der Waals surface area (Å²) in [4.78, 5) is 14.5. The first kappa shape index (κ1) is 35.2. The Bertz CT molecular complexity index is 984. The highest BCUT2D eigenvalue weighted by molar-refractivity contribution is 7.86. The Kier molecular flexibility index (Phi) is 15.9. The zero-order chi connectivity index (χ0) is 30.1. The number of hydrogen-bond acceptors (Lipinski definition) is 8. The lowest BCUT2D eigenvalue weighted by molar-refractivity contribution is -0.163. The summed E-state index contributed by atoms with van der Waals surface area (Å²) in [6, 6.07) is 6.57. The van der Waals surface area contributed by atoms with Gasteiger partial charge in [-0.3, -0.25) is 4.18 Å². The van der Waals surface area contributed by atoms with E-state index in [-0.39, 0.29) is 23.9 Å². The fraction of sp³-hybridized carbons (Fsp3) is 0.710. The number of benzene rings is 1. The second kappa shape index (κ2) is 18.5. The molecule has 9 nitrogen and oxygen atoms in total. The third kappa shape index (κ3) is 15.2. The summed E-state index contributed by atoms with van der Waals surface area (Å²) in [6.45, 7) is 14.0. The Morgan fingerprint density at radius 2 is 1.80 bits per heavy atom. The van der Waals surface area contributed by atoms with E-state index in [0.717, 1.165) is 57.1 Å². The molecule has 1 heterocycles. The van der Waals surface area contributed by atoms with Crippen LogP contribution >= 0.6 is 0 Å². The van der Waals surface area contributed by atoms with Gasteiger partial charge in [0.15, 0.2) is 6.29 Å². The monoisotopic (exact) mass is 597 g/mol. The maximum atomic E-state index is 13.0. The lowest BCUT2D eigenvalue weighted by atomic mass is 10.2. The maximum absolute atomic E-state index is 13.0. The standard InChI is InChI=1S/C31H51NO8S/c1-6-7-9-20-32(30(33)39-31(3,4)5)21-13-14-27(40-41(34,35)28-18-16-26(2)17-19-28)25-36-22-11-12-24-38-29-15-8-10-23-37-29/h6,16-19,27,29H,1,7-15,20-25H2,2-5H3. The maximum Gasteiger partial charge on any atom is 0.410 e. The molecule has 1 aliphatic rings. The van der Waals surface area contributed by atoms with Gasteiger partial charge in [0.1, 0.15) is 11.7 Å². The van der Waals surface area contributed by atoms with E-state index in [4.69, 9.17) is 23.1 Å². The molecular weight excluding hydrogens is 546 g/mol. The fourth-order valence-electron chi connectivity index (χ4n) is 4.23. The predicted octanol–water partition coefficient (Wildman–Crippen LogP) is 6.39. The first-order valence-electron chi connectivity index (χ1n) is 14.9. The van der Waals surface area contributed by atoms with Gasteiger partial charge in [-0.25, -0.2) is 4.79 Å². The van der Waals surface area contributed by atoms with Gasteiger partial charge in [-0.15, -0.1) is 6.58 Å². The average molecular weight is 598 g/mol. The summed E-state index contributed by atoms with van der Waals surface area (Å²) in [5.41, 5.74) is 0.352. The number of carbonyl (C=O) groups is 1. The van der Waals surface area contributed by atoms with E-state index in [0.29, 0.717) is 39.1 Å². The van der Waals surface area contributed by atoms with Crippen molar-refractivity contribution in [1.82, 2.24) is 4.90 Å². The van der Waals surface area contributed by atoms with E-state index in [1.165, 1.54) is 0 Å². The molecule has 0 saturated carbocycles. The Balaban J connectivity index is 1.91. The van der Waals surface area contributed by atoms with Gasteiger partial charge in [-0.05, 0) is 97.6 Å². The number of hydrogen-bond donors (Lipinski definition) is 0. The highest BCUT2D eigenvalue weighted by Gasteiger charge is 2.25.